The standard InChI is InChI=1S/C19H22ClF6N3O3/c20-13-2-1-12(15(9-13)29-4-3-14(30)11-29)10-27-5-7-28(8-6-27)17(31)32-16(18(21,22)23)19(24,25)26/h1-2,9,14,16,30H,3-8,10-11H2/t14-/m0/s1. The van der Waals surface area contributed by atoms with E-state index in [1.54, 1.807) is 12.1 Å². The number of hydrogen-bond acceptors (Lipinski definition) is 5. The van der Waals surface area contributed by atoms with Gasteiger partial charge < -0.3 is 19.6 Å². The van der Waals surface area contributed by atoms with E-state index in [1.165, 1.54) is 0 Å². The molecule has 2 aliphatic heterocycles. The Hall–Kier alpha value is -1.92. The molecule has 0 aliphatic carbocycles. The number of aliphatic hydroxyl groups is 1. The Labute approximate surface area is 185 Å². The minimum absolute atomic E-state index is 0.0768. The molecule has 180 valence electrons. The van der Waals surface area contributed by atoms with Gasteiger partial charge in [-0.05, 0) is 24.1 Å². The highest BCUT2D eigenvalue weighted by atomic mass is 35.5. The quantitative estimate of drug-likeness (QED) is 0.654. The molecule has 0 unspecified atom stereocenters. The molecule has 0 radical (unpaired) electrons. The maximum Gasteiger partial charge on any atom is 0.434 e. The fourth-order valence-corrected chi connectivity index (χ4v) is 3.92. The molecule has 2 aliphatic rings. The lowest BCUT2D eigenvalue weighted by atomic mass is 10.1. The predicted molar refractivity (Wildman–Crippen MR) is 104 cm³/mol. The van der Waals surface area contributed by atoms with Crippen LogP contribution in [0, 0.1) is 0 Å². The Morgan fingerprint density at radius 1 is 1.09 bits per heavy atom. The number of alkyl halides is 6. The highest BCUT2D eigenvalue weighted by Gasteiger charge is 2.60. The zero-order chi connectivity index (χ0) is 23.7. The first kappa shape index (κ1) is 24.7. The molecule has 0 aromatic heterocycles. The first-order valence-electron chi connectivity index (χ1n) is 9.87. The molecule has 0 saturated carbocycles. The van der Waals surface area contributed by atoms with Crippen molar-refractivity contribution in [2.45, 2.75) is 37.5 Å². The van der Waals surface area contributed by atoms with E-state index in [2.05, 4.69) is 4.74 Å². The molecule has 1 aromatic carbocycles. The molecular weight excluding hydrogens is 468 g/mol. The summed E-state index contributed by atoms with van der Waals surface area (Å²) < 4.78 is 79.4. The molecule has 13 heteroatoms. The molecule has 32 heavy (non-hydrogen) atoms. The number of nitrogens with zero attached hydrogens (tertiary/aromatic N) is 3. The number of carbonyl (C=O) groups excluding carboxylic acids is 1. The van der Waals surface area contributed by atoms with Gasteiger partial charge in [0.2, 0.25) is 0 Å². The van der Waals surface area contributed by atoms with Crippen molar-refractivity contribution in [2.75, 3.05) is 44.2 Å². The summed E-state index contributed by atoms with van der Waals surface area (Å²) in [6, 6.07) is 5.34. The van der Waals surface area contributed by atoms with Crippen molar-refractivity contribution in [3.05, 3.63) is 28.8 Å². The fraction of sp³-hybridized carbons (Fsp3) is 0.632. The second-order valence-electron chi connectivity index (χ2n) is 7.77. The van der Waals surface area contributed by atoms with Gasteiger partial charge in [0, 0.05) is 56.5 Å². The highest BCUT2D eigenvalue weighted by molar-refractivity contribution is 6.30. The van der Waals surface area contributed by atoms with E-state index in [1.807, 2.05) is 15.9 Å². The first-order valence-corrected chi connectivity index (χ1v) is 10.2. The van der Waals surface area contributed by atoms with Crippen molar-refractivity contribution in [1.29, 1.82) is 0 Å². The van der Waals surface area contributed by atoms with E-state index < -0.39 is 30.7 Å². The number of anilines is 1. The van der Waals surface area contributed by atoms with Crippen LogP contribution in [0.25, 0.3) is 0 Å². The minimum atomic E-state index is -5.75. The summed E-state index contributed by atoms with van der Waals surface area (Å²) in [5, 5.41) is 10.3. The van der Waals surface area contributed by atoms with Crippen LogP contribution in [0.15, 0.2) is 18.2 Å². The smallest absolute Gasteiger partial charge is 0.426 e. The Morgan fingerprint density at radius 3 is 2.25 bits per heavy atom. The maximum absolute atomic E-state index is 12.6. The molecule has 2 fully saturated rings. The molecular formula is C19H22ClF6N3O3. The molecule has 0 bridgehead atoms. The molecule has 0 spiro atoms. The van der Waals surface area contributed by atoms with Crippen LogP contribution in [0.1, 0.15) is 12.0 Å². The second-order valence-corrected chi connectivity index (χ2v) is 8.21. The Bertz CT molecular complexity index is 800. The van der Waals surface area contributed by atoms with Crippen LogP contribution in [0.5, 0.6) is 0 Å². The van der Waals surface area contributed by atoms with E-state index in [-0.39, 0.29) is 26.2 Å². The van der Waals surface area contributed by atoms with Crippen LogP contribution in [0.4, 0.5) is 36.8 Å². The number of piperazine rings is 1. The van der Waals surface area contributed by atoms with Crippen molar-refractivity contribution < 1.29 is 41.0 Å². The summed E-state index contributed by atoms with van der Waals surface area (Å²) in [7, 11) is 0. The van der Waals surface area contributed by atoms with Crippen molar-refractivity contribution in [3.63, 3.8) is 0 Å². The minimum Gasteiger partial charge on any atom is -0.426 e. The number of amides is 1. The SMILES string of the molecule is O=C(OC(C(F)(F)F)C(F)(F)F)N1CCN(Cc2ccc(Cl)cc2N2CC[C@H](O)C2)CC1. The van der Waals surface area contributed by atoms with Crippen LogP contribution < -0.4 is 4.90 Å². The van der Waals surface area contributed by atoms with Gasteiger partial charge >= 0.3 is 18.4 Å². The first-order chi connectivity index (χ1) is 14.8. The molecule has 6 nitrogen and oxygen atoms in total. The lowest BCUT2D eigenvalue weighted by Gasteiger charge is -2.36. The number of halogens is 7. The largest absolute Gasteiger partial charge is 0.434 e. The number of benzene rings is 1. The molecule has 1 atom stereocenters. The van der Waals surface area contributed by atoms with Gasteiger partial charge in [0.05, 0.1) is 6.10 Å². The fourth-order valence-electron chi connectivity index (χ4n) is 3.75. The van der Waals surface area contributed by atoms with Gasteiger partial charge in [0.25, 0.3) is 6.10 Å². The summed E-state index contributed by atoms with van der Waals surface area (Å²) in [6.07, 6.45) is -17.1. The van der Waals surface area contributed by atoms with Gasteiger partial charge in [-0.2, -0.15) is 26.3 Å². The second kappa shape index (κ2) is 9.52. The lowest BCUT2D eigenvalue weighted by molar-refractivity contribution is -0.308. The van der Waals surface area contributed by atoms with Gasteiger partial charge in [-0.15, -0.1) is 0 Å². The summed E-state index contributed by atoms with van der Waals surface area (Å²) in [6.45, 7) is 1.89. The molecule has 1 amide bonds. The van der Waals surface area contributed by atoms with E-state index >= 15 is 0 Å². The molecule has 3 rings (SSSR count). The molecule has 2 heterocycles. The Balaban J connectivity index is 1.59. The predicted octanol–water partition coefficient (Wildman–Crippen LogP) is 3.66. The van der Waals surface area contributed by atoms with Crippen molar-refractivity contribution >= 4 is 23.4 Å². The average Bonchev–Trinajstić information content (AvgIpc) is 3.12. The van der Waals surface area contributed by atoms with Crippen LogP contribution >= 0.6 is 11.6 Å². The van der Waals surface area contributed by atoms with Crippen molar-refractivity contribution in [2.24, 2.45) is 0 Å². The monoisotopic (exact) mass is 489 g/mol. The number of carbonyl (C=O) groups is 1. The summed E-state index contributed by atoms with van der Waals surface area (Å²) >= 11 is 6.11. The van der Waals surface area contributed by atoms with Gasteiger partial charge in [0.1, 0.15) is 0 Å². The Morgan fingerprint density at radius 2 is 1.72 bits per heavy atom. The maximum atomic E-state index is 12.6. The van der Waals surface area contributed by atoms with Crippen LogP contribution in [0.3, 0.4) is 0 Å². The number of rotatable bonds is 4. The summed E-state index contributed by atoms with van der Waals surface area (Å²) in [5.74, 6) is 0. The lowest BCUT2D eigenvalue weighted by Crippen LogP contribution is -2.52. The van der Waals surface area contributed by atoms with Crippen LogP contribution in [-0.2, 0) is 11.3 Å². The third-order valence-corrected chi connectivity index (χ3v) is 5.62. The van der Waals surface area contributed by atoms with Gasteiger partial charge in [-0.25, -0.2) is 4.79 Å². The normalized spacial score (nSPS) is 20.8. The third-order valence-electron chi connectivity index (χ3n) is 5.39. The van der Waals surface area contributed by atoms with E-state index in [0.29, 0.717) is 31.1 Å². The van der Waals surface area contributed by atoms with Gasteiger partial charge in [0.15, 0.2) is 0 Å². The van der Waals surface area contributed by atoms with Gasteiger partial charge in [-0.3, -0.25) is 4.90 Å². The van der Waals surface area contributed by atoms with Crippen molar-refractivity contribution in [3.8, 4) is 0 Å². The highest BCUT2D eigenvalue weighted by Crippen LogP contribution is 2.36. The van der Waals surface area contributed by atoms with Crippen LogP contribution in [-0.4, -0.2) is 84.8 Å². The van der Waals surface area contributed by atoms with Crippen molar-refractivity contribution in [1.82, 2.24) is 9.80 Å². The number of aliphatic hydroxyl groups excluding tert-OH is 1. The average molecular weight is 490 g/mol. The molecule has 1 N–H and O–H groups in total. The summed E-state index contributed by atoms with van der Waals surface area (Å²) in [4.78, 5) is 16.7. The molecule has 1 aromatic rings. The molecule has 2 saturated heterocycles. The topological polar surface area (TPSA) is 56.2 Å². The third kappa shape index (κ3) is 6.10. The zero-order valence-electron chi connectivity index (χ0n) is 16.8. The number of β-amino-alcohol motifs (C(OH)–C–C–N with tert-alkyl or cyclic N) is 1. The number of ether oxygens (including phenoxy) is 1. The zero-order valence-corrected chi connectivity index (χ0v) is 17.6. The van der Waals surface area contributed by atoms with E-state index in [9.17, 15) is 36.2 Å². The van der Waals surface area contributed by atoms with Crippen LogP contribution in [0.2, 0.25) is 5.02 Å². The summed E-state index contributed by atoms with van der Waals surface area (Å²) in [5.41, 5.74) is 1.77. The van der Waals surface area contributed by atoms with E-state index in [4.69, 9.17) is 11.6 Å². The van der Waals surface area contributed by atoms with E-state index in [0.717, 1.165) is 16.2 Å². The Kier molecular flexibility index (Phi) is 7.35. The van der Waals surface area contributed by atoms with Gasteiger partial charge in [-0.1, -0.05) is 17.7 Å². The number of hydrogen-bond donors (Lipinski definition) is 1.